The Kier molecular flexibility index (Phi) is 9.50. The number of rotatable bonds is 7. The van der Waals surface area contributed by atoms with E-state index in [4.69, 9.17) is 21.1 Å². The molecule has 0 spiro atoms. The van der Waals surface area contributed by atoms with Crippen LogP contribution in [0.2, 0.25) is 5.02 Å². The number of piperidine rings is 1. The molecule has 0 bridgehead atoms. The first-order chi connectivity index (χ1) is 15.2. The summed E-state index contributed by atoms with van der Waals surface area (Å²) in [5.74, 6) is -0.243. The highest BCUT2D eigenvalue weighted by Crippen LogP contribution is 2.39. The molecule has 2 rings (SSSR count). The zero-order chi connectivity index (χ0) is 25.0. The molecule has 1 heterocycles. The third-order valence-electron chi connectivity index (χ3n) is 5.20. The van der Waals surface area contributed by atoms with Gasteiger partial charge in [0.25, 0.3) is 0 Å². The van der Waals surface area contributed by atoms with Crippen LogP contribution in [-0.2, 0) is 16.1 Å². The van der Waals surface area contributed by atoms with E-state index in [9.17, 15) is 13.7 Å². The number of nitrogens with one attached hydrogen (secondary N) is 1. The summed E-state index contributed by atoms with van der Waals surface area (Å²) in [5.41, 5.74) is 0.0701. The molecule has 1 unspecified atom stereocenters. The van der Waals surface area contributed by atoms with Crippen molar-refractivity contribution in [3.63, 3.8) is 0 Å². The maximum Gasteiger partial charge on any atom is 0.410 e. The van der Waals surface area contributed by atoms with Gasteiger partial charge in [-0.25, -0.2) is 9.18 Å². The van der Waals surface area contributed by atoms with Gasteiger partial charge in [0.1, 0.15) is 28.5 Å². The average Bonchev–Trinajstić information content (AvgIpc) is 2.70. The lowest BCUT2D eigenvalue weighted by Crippen LogP contribution is -2.47. The fraction of sp³-hybridized carbons (Fsp3) is 0.625. The van der Waals surface area contributed by atoms with E-state index in [0.717, 1.165) is 0 Å². The molecule has 1 amide bonds. The molecule has 1 aliphatic heterocycles. The molecule has 6 nitrogen and oxygen atoms in total. The van der Waals surface area contributed by atoms with E-state index in [1.807, 2.05) is 41.5 Å². The standard InChI is InChI=1S/C24H36ClFN2O4S/c1-8-13-31-20-15-19(26)18(25)14-17(20)21(27-33(30)24(5,6)7)16-9-11-28(12-10-16)22(29)32-23(2,3)4/h8,14-16,21,27H,1,9-13H2,2-7H3/t21?,33-/m0/s1. The molecule has 0 radical (unpaired) electrons. The third kappa shape index (κ3) is 8.05. The molecule has 1 aromatic carbocycles. The van der Waals surface area contributed by atoms with Crippen molar-refractivity contribution in [1.82, 2.24) is 9.62 Å². The van der Waals surface area contributed by atoms with Crippen LogP contribution in [0.4, 0.5) is 9.18 Å². The molecule has 1 saturated heterocycles. The van der Waals surface area contributed by atoms with E-state index in [-0.39, 0.29) is 23.6 Å². The van der Waals surface area contributed by atoms with Gasteiger partial charge in [-0.3, -0.25) is 0 Å². The smallest absolute Gasteiger partial charge is 0.410 e. The van der Waals surface area contributed by atoms with Gasteiger partial charge in [0.05, 0.1) is 11.1 Å². The molecule has 9 heteroatoms. The van der Waals surface area contributed by atoms with Crippen molar-refractivity contribution in [3.8, 4) is 5.75 Å². The second-order valence-electron chi connectivity index (χ2n) is 10.2. The minimum absolute atomic E-state index is 0.0163. The molecule has 1 fully saturated rings. The highest BCUT2D eigenvalue weighted by atomic mass is 35.5. The van der Waals surface area contributed by atoms with E-state index < -0.39 is 33.6 Å². The lowest BCUT2D eigenvalue weighted by Gasteiger charge is -2.38. The highest BCUT2D eigenvalue weighted by molar-refractivity contribution is 7.90. The van der Waals surface area contributed by atoms with Gasteiger partial charge in [-0.2, -0.15) is 0 Å². The van der Waals surface area contributed by atoms with Gasteiger partial charge in [0, 0.05) is 36.1 Å². The Labute approximate surface area is 205 Å². The molecule has 0 saturated carbocycles. The summed E-state index contributed by atoms with van der Waals surface area (Å²) in [6.45, 7) is 16.0. The van der Waals surface area contributed by atoms with E-state index in [1.54, 1.807) is 11.0 Å². The Morgan fingerprint density at radius 1 is 1.33 bits per heavy atom. The minimum Gasteiger partial charge on any atom is -0.598 e. The molecule has 0 aromatic heterocycles. The molecule has 33 heavy (non-hydrogen) atoms. The summed E-state index contributed by atoms with van der Waals surface area (Å²) < 4.78 is 41.2. The number of hydrogen-bond acceptors (Lipinski definition) is 5. The molecular weight excluding hydrogens is 467 g/mol. The molecule has 1 aromatic rings. The largest absolute Gasteiger partial charge is 0.598 e. The first-order valence-corrected chi connectivity index (χ1v) is 12.6. The average molecular weight is 503 g/mol. The SMILES string of the molecule is C=CCOc1cc(F)c(Cl)cc1C(N[S@@+]([O-])C(C)(C)C)C1CCN(C(=O)OC(C)(C)C)CC1. The Morgan fingerprint density at radius 2 is 1.94 bits per heavy atom. The topological polar surface area (TPSA) is 73.9 Å². The van der Waals surface area contributed by atoms with Crippen LogP contribution in [0.5, 0.6) is 5.75 Å². The van der Waals surface area contributed by atoms with Crippen LogP contribution in [0.3, 0.4) is 0 Å². The number of benzene rings is 1. The van der Waals surface area contributed by atoms with E-state index in [2.05, 4.69) is 11.3 Å². The molecular formula is C24H36ClFN2O4S. The predicted octanol–water partition coefficient (Wildman–Crippen LogP) is 5.78. The Bertz CT molecular complexity index is 833. The van der Waals surface area contributed by atoms with Crippen molar-refractivity contribution >= 4 is 29.1 Å². The summed E-state index contributed by atoms with van der Waals surface area (Å²) in [6.07, 6.45) is 2.52. The quantitative estimate of drug-likeness (QED) is 0.377. The zero-order valence-corrected chi connectivity index (χ0v) is 21.9. The number of carbonyl (C=O) groups excluding carboxylic acids is 1. The monoisotopic (exact) mass is 502 g/mol. The van der Waals surface area contributed by atoms with Gasteiger partial charge < -0.3 is 18.9 Å². The lowest BCUT2D eigenvalue weighted by molar-refractivity contribution is 0.0171. The summed E-state index contributed by atoms with van der Waals surface area (Å²) in [6, 6.07) is 2.38. The fourth-order valence-corrected chi connectivity index (χ4v) is 4.58. The first kappa shape index (κ1) is 27.8. The number of carbonyl (C=O) groups is 1. The summed E-state index contributed by atoms with van der Waals surface area (Å²) in [5, 5.41) is -0.0320. The highest BCUT2D eigenvalue weighted by Gasteiger charge is 2.38. The van der Waals surface area contributed by atoms with Gasteiger partial charge in [0.15, 0.2) is 0 Å². The molecule has 2 atom stereocenters. The normalized spacial score (nSPS) is 17.4. The Hall–Kier alpha value is -1.48. The predicted molar refractivity (Wildman–Crippen MR) is 131 cm³/mol. The minimum atomic E-state index is -1.39. The summed E-state index contributed by atoms with van der Waals surface area (Å²) in [7, 11) is 0. The van der Waals surface area contributed by atoms with Crippen LogP contribution >= 0.6 is 11.6 Å². The van der Waals surface area contributed by atoms with Crippen molar-refractivity contribution in [1.29, 1.82) is 0 Å². The molecule has 0 aliphatic carbocycles. The van der Waals surface area contributed by atoms with Gasteiger partial charge in [-0.1, -0.05) is 24.3 Å². The van der Waals surface area contributed by atoms with Crippen LogP contribution in [-0.4, -0.2) is 45.6 Å². The Balaban J connectivity index is 2.32. The summed E-state index contributed by atoms with van der Waals surface area (Å²) in [4.78, 5) is 14.2. The number of halogens is 2. The van der Waals surface area contributed by atoms with Gasteiger partial charge in [-0.05, 0) is 66.4 Å². The second kappa shape index (κ2) is 11.3. The van der Waals surface area contributed by atoms with Crippen LogP contribution in [0, 0.1) is 11.7 Å². The lowest BCUT2D eigenvalue weighted by atomic mass is 9.85. The maximum absolute atomic E-state index is 14.2. The van der Waals surface area contributed by atoms with Gasteiger partial charge in [-0.15, -0.1) is 4.72 Å². The zero-order valence-electron chi connectivity index (χ0n) is 20.4. The van der Waals surface area contributed by atoms with Crippen molar-refractivity contribution in [2.75, 3.05) is 19.7 Å². The molecule has 186 valence electrons. The number of amides is 1. The van der Waals surface area contributed by atoms with Crippen LogP contribution in [0.15, 0.2) is 24.8 Å². The summed E-state index contributed by atoms with van der Waals surface area (Å²) >= 11 is 4.74. The van der Waals surface area contributed by atoms with Crippen molar-refractivity contribution < 1.29 is 23.2 Å². The number of ether oxygens (including phenoxy) is 2. The van der Waals surface area contributed by atoms with Crippen molar-refractivity contribution in [2.45, 2.75) is 70.8 Å². The number of nitrogens with zero attached hydrogens (tertiary/aromatic N) is 1. The fourth-order valence-electron chi connectivity index (χ4n) is 3.51. The molecule has 1 N–H and O–H groups in total. The van der Waals surface area contributed by atoms with Crippen LogP contribution < -0.4 is 9.46 Å². The Morgan fingerprint density at radius 3 is 2.45 bits per heavy atom. The van der Waals surface area contributed by atoms with Crippen molar-refractivity contribution in [3.05, 3.63) is 41.2 Å². The molecule has 1 aliphatic rings. The van der Waals surface area contributed by atoms with Crippen molar-refractivity contribution in [2.24, 2.45) is 5.92 Å². The van der Waals surface area contributed by atoms with Gasteiger partial charge in [0.2, 0.25) is 0 Å². The second-order valence-corrected chi connectivity index (χ2v) is 12.6. The van der Waals surface area contributed by atoms with Crippen LogP contribution in [0.1, 0.15) is 66.0 Å². The van der Waals surface area contributed by atoms with Gasteiger partial charge >= 0.3 is 6.09 Å². The van der Waals surface area contributed by atoms with E-state index >= 15 is 0 Å². The maximum atomic E-state index is 14.2. The first-order valence-electron chi connectivity index (χ1n) is 11.1. The van der Waals surface area contributed by atoms with Crippen LogP contribution in [0.25, 0.3) is 0 Å². The number of likely N-dealkylation sites (tertiary alicyclic amines) is 1. The van der Waals surface area contributed by atoms with E-state index in [1.165, 1.54) is 12.1 Å². The third-order valence-corrected chi connectivity index (χ3v) is 7.07. The van der Waals surface area contributed by atoms with E-state index in [0.29, 0.717) is 37.2 Å². The number of hydrogen-bond donors (Lipinski definition) is 1.